The van der Waals surface area contributed by atoms with Crippen LogP contribution in [0.3, 0.4) is 0 Å². The molecule has 0 radical (unpaired) electrons. The van der Waals surface area contributed by atoms with Gasteiger partial charge in [-0.05, 0) is 50.7 Å². The van der Waals surface area contributed by atoms with Crippen molar-refractivity contribution in [2.75, 3.05) is 36.4 Å². The zero-order valence-electron chi connectivity index (χ0n) is 17.0. The van der Waals surface area contributed by atoms with Gasteiger partial charge in [-0.2, -0.15) is 10.1 Å². The second-order valence-corrected chi connectivity index (χ2v) is 8.58. The Hall–Kier alpha value is -3.10. The van der Waals surface area contributed by atoms with Gasteiger partial charge in [0, 0.05) is 43.9 Å². The lowest BCUT2D eigenvalue weighted by Crippen LogP contribution is -2.29. The summed E-state index contributed by atoms with van der Waals surface area (Å²) in [4.78, 5) is 22.0. The third-order valence-corrected chi connectivity index (χ3v) is 6.36. The molecule has 1 amide bonds. The minimum Gasteiger partial charge on any atom is -0.340 e. The van der Waals surface area contributed by atoms with Gasteiger partial charge in [-0.15, -0.1) is 5.10 Å². The normalized spacial score (nSPS) is 19.2. The number of H-pyrrole nitrogens is 1. The highest BCUT2D eigenvalue weighted by Gasteiger charge is 2.27. The molecule has 1 aliphatic carbocycles. The van der Waals surface area contributed by atoms with Crippen LogP contribution in [-0.2, 0) is 0 Å². The van der Waals surface area contributed by atoms with Crippen LogP contribution < -0.4 is 10.2 Å². The van der Waals surface area contributed by atoms with Gasteiger partial charge in [-0.25, -0.2) is 4.52 Å². The lowest BCUT2D eigenvalue weighted by Gasteiger charge is -2.18. The van der Waals surface area contributed by atoms with Gasteiger partial charge in [-0.3, -0.25) is 9.89 Å². The Balaban J connectivity index is 1.40. The Kier molecular flexibility index (Phi) is 4.14. The van der Waals surface area contributed by atoms with Crippen LogP contribution in [0.25, 0.3) is 5.52 Å². The molecule has 6 rings (SSSR count). The fraction of sp³-hybridized carbons (Fsp3) is 0.524. The Morgan fingerprint density at radius 1 is 1.07 bits per heavy atom. The van der Waals surface area contributed by atoms with Crippen molar-refractivity contribution in [3.63, 3.8) is 0 Å². The van der Waals surface area contributed by atoms with E-state index in [1.165, 1.54) is 18.5 Å². The quantitative estimate of drug-likeness (QED) is 0.677. The van der Waals surface area contributed by atoms with Crippen LogP contribution >= 0.6 is 0 Å². The first-order chi connectivity index (χ1) is 14.8. The van der Waals surface area contributed by atoms with E-state index >= 15 is 0 Å². The molecule has 0 atom stereocenters. The van der Waals surface area contributed by atoms with Crippen molar-refractivity contribution >= 4 is 29.0 Å². The number of nitrogens with zero attached hydrogens (tertiary/aromatic N) is 6. The van der Waals surface area contributed by atoms with Gasteiger partial charge in [0.05, 0.1) is 0 Å². The Morgan fingerprint density at radius 2 is 1.83 bits per heavy atom. The summed E-state index contributed by atoms with van der Waals surface area (Å²) in [6.45, 7) is 3.52. The highest BCUT2D eigenvalue weighted by Crippen LogP contribution is 2.39. The standard InChI is InChI=1S/C21H26N8O/c30-20(27-9-1-2-10-27)17-8-7-16-19(22-18-13-15(24-25-18)14-5-6-14)23-21(26-29(16)17)28-11-3-4-12-28/h7-8,13-14H,1-6,9-12H2,(H2,22,23,24,25,26). The average molecular weight is 406 g/mol. The molecule has 3 aromatic heterocycles. The number of aromatic nitrogens is 5. The molecule has 5 heterocycles. The van der Waals surface area contributed by atoms with Crippen LogP contribution in [-0.4, -0.2) is 61.8 Å². The lowest BCUT2D eigenvalue weighted by molar-refractivity contribution is 0.0785. The molecular weight excluding hydrogens is 380 g/mol. The minimum atomic E-state index is 0.0420. The molecule has 9 heteroatoms. The monoisotopic (exact) mass is 406 g/mol. The summed E-state index contributed by atoms with van der Waals surface area (Å²) in [5, 5.41) is 15.7. The fourth-order valence-corrected chi connectivity index (χ4v) is 4.50. The average Bonchev–Trinajstić information content (AvgIpc) is 3.29. The van der Waals surface area contributed by atoms with Crippen LogP contribution in [0, 0.1) is 0 Å². The van der Waals surface area contributed by atoms with E-state index < -0.39 is 0 Å². The third-order valence-electron chi connectivity index (χ3n) is 6.36. The number of amides is 1. The summed E-state index contributed by atoms with van der Waals surface area (Å²) in [6.07, 6.45) is 6.86. The molecule has 30 heavy (non-hydrogen) atoms. The van der Waals surface area contributed by atoms with Gasteiger partial charge < -0.3 is 15.1 Å². The molecule has 2 N–H and O–H groups in total. The molecule has 3 fully saturated rings. The van der Waals surface area contributed by atoms with E-state index in [4.69, 9.17) is 10.1 Å². The summed E-state index contributed by atoms with van der Waals surface area (Å²) >= 11 is 0. The number of likely N-dealkylation sites (tertiary alicyclic amines) is 1. The lowest BCUT2D eigenvalue weighted by atomic mass is 10.3. The summed E-state index contributed by atoms with van der Waals surface area (Å²) in [5.41, 5.74) is 2.55. The molecular formula is C21H26N8O. The Morgan fingerprint density at radius 3 is 2.60 bits per heavy atom. The number of hydrogen-bond donors (Lipinski definition) is 2. The van der Waals surface area contributed by atoms with E-state index in [-0.39, 0.29) is 5.91 Å². The van der Waals surface area contributed by atoms with Crippen LogP contribution in [0.4, 0.5) is 17.6 Å². The Labute approximate surface area is 174 Å². The predicted octanol–water partition coefficient (Wildman–Crippen LogP) is 2.91. The minimum absolute atomic E-state index is 0.0420. The highest BCUT2D eigenvalue weighted by atomic mass is 16.2. The smallest absolute Gasteiger partial charge is 0.272 e. The number of rotatable bonds is 5. The first-order valence-electron chi connectivity index (χ1n) is 11.0. The second kappa shape index (κ2) is 7.00. The van der Waals surface area contributed by atoms with E-state index in [9.17, 15) is 4.79 Å². The summed E-state index contributed by atoms with van der Waals surface area (Å²) in [7, 11) is 0. The van der Waals surface area contributed by atoms with Gasteiger partial charge in [0.1, 0.15) is 11.2 Å². The van der Waals surface area contributed by atoms with Gasteiger partial charge in [0.25, 0.3) is 5.91 Å². The van der Waals surface area contributed by atoms with E-state index in [1.807, 2.05) is 17.0 Å². The topological polar surface area (TPSA) is 94.4 Å². The number of fused-ring (bicyclic) bond motifs is 1. The molecule has 2 saturated heterocycles. The van der Waals surface area contributed by atoms with Crippen molar-refractivity contribution in [3.8, 4) is 0 Å². The zero-order chi connectivity index (χ0) is 20.1. The number of nitrogens with one attached hydrogen (secondary N) is 2. The van der Waals surface area contributed by atoms with Crippen molar-refractivity contribution in [2.24, 2.45) is 0 Å². The van der Waals surface area contributed by atoms with Crippen molar-refractivity contribution in [3.05, 3.63) is 29.6 Å². The van der Waals surface area contributed by atoms with Crippen LogP contribution in [0.15, 0.2) is 18.2 Å². The van der Waals surface area contributed by atoms with Crippen LogP contribution in [0.5, 0.6) is 0 Å². The first-order valence-corrected chi connectivity index (χ1v) is 11.0. The van der Waals surface area contributed by atoms with Crippen LogP contribution in [0.1, 0.15) is 60.6 Å². The molecule has 0 bridgehead atoms. The predicted molar refractivity (Wildman–Crippen MR) is 113 cm³/mol. The number of carbonyl (C=O) groups is 1. The molecule has 3 aromatic rings. The SMILES string of the molecule is O=C(c1ccc2c(Nc3cc(C4CC4)[nH]n3)nc(N3CCCC3)nn12)N1CCCC1. The molecule has 3 aliphatic rings. The summed E-state index contributed by atoms with van der Waals surface area (Å²) < 4.78 is 1.76. The highest BCUT2D eigenvalue weighted by molar-refractivity contribution is 5.95. The van der Waals surface area contributed by atoms with Crippen molar-refractivity contribution < 1.29 is 4.79 Å². The van der Waals surface area contributed by atoms with Gasteiger partial charge in [-0.1, -0.05) is 0 Å². The maximum atomic E-state index is 13.1. The molecule has 0 unspecified atom stereocenters. The first kappa shape index (κ1) is 17.7. The van der Waals surface area contributed by atoms with E-state index in [2.05, 4.69) is 26.5 Å². The summed E-state index contributed by atoms with van der Waals surface area (Å²) in [5.74, 6) is 2.74. The fourth-order valence-electron chi connectivity index (χ4n) is 4.50. The summed E-state index contributed by atoms with van der Waals surface area (Å²) in [6, 6.07) is 5.85. The van der Waals surface area contributed by atoms with E-state index in [0.29, 0.717) is 23.4 Å². The van der Waals surface area contributed by atoms with E-state index in [0.717, 1.165) is 63.2 Å². The van der Waals surface area contributed by atoms with Crippen molar-refractivity contribution in [2.45, 2.75) is 44.4 Å². The number of carbonyl (C=O) groups excluding carboxylic acids is 1. The number of anilines is 3. The third kappa shape index (κ3) is 3.09. The Bertz CT molecular complexity index is 1090. The van der Waals surface area contributed by atoms with E-state index in [1.54, 1.807) is 4.52 Å². The van der Waals surface area contributed by atoms with Gasteiger partial charge in [0.2, 0.25) is 5.95 Å². The number of aromatic amines is 1. The zero-order valence-corrected chi connectivity index (χ0v) is 17.0. The number of hydrogen-bond acceptors (Lipinski definition) is 6. The van der Waals surface area contributed by atoms with Gasteiger partial charge in [0.15, 0.2) is 11.6 Å². The molecule has 2 aliphatic heterocycles. The molecule has 1 saturated carbocycles. The van der Waals surface area contributed by atoms with Crippen molar-refractivity contribution in [1.82, 2.24) is 29.7 Å². The molecule has 0 aromatic carbocycles. The van der Waals surface area contributed by atoms with Crippen LogP contribution in [0.2, 0.25) is 0 Å². The second-order valence-electron chi connectivity index (χ2n) is 8.58. The van der Waals surface area contributed by atoms with Gasteiger partial charge >= 0.3 is 0 Å². The maximum Gasteiger partial charge on any atom is 0.272 e. The molecule has 156 valence electrons. The molecule has 0 spiro atoms. The largest absolute Gasteiger partial charge is 0.340 e. The molecule has 9 nitrogen and oxygen atoms in total. The maximum absolute atomic E-state index is 13.1. The van der Waals surface area contributed by atoms with Crippen molar-refractivity contribution in [1.29, 1.82) is 0 Å².